The Morgan fingerprint density at radius 1 is 1.09 bits per heavy atom. The van der Waals surface area contributed by atoms with Crippen LogP contribution in [0.4, 0.5) is 20.6 Å². The molecular weight excluding hydrogens is 443 g/mol. The third-order valence-corrected chi connectivity index (χ3v) is 5.18. The molecule has 8 heteroatoms. The number of benzene rings is 3. The standard InChI is InChI=1S/C25H24ClFN4O2/c1-30(2)15-22(32)16-31(25(33)29-20-8-11-24(27)23(26)13-20)21-9-6-18(7-10-21)19-5-3-4-17(12-19)14-28/h3-13,22,32H,15-16H2,1-2H3,(H,29,33). The van der Waals surface area contributed by atoms with E-state index < -0.39 is 18.0 Å². The number of amides is 2. The lowest BCUT2D eigenvalue weighted by molar-refractivity contribution is 0.142. The van der Waals surface area contributed by atoms with Crippen LogP contribution in [0.3, 0.4) is 0 Å². The fraction of sp³-hybridized carbons (Fsp3) is 0.200. The number of aliphatic hydroxyl groups excluding tert-OH is 1. The predicted molar refractivity (Wildman–Crippen MR) is 129 cm³/mol. The Morgan fingerprint density at radius 3 is 2.45 bits per heavy atom. The van der Waals surface area contributed by atoms with Crippen molar-refractivity contribution in [3.05, 3.63) is 83.1 Å². The van der Waals surface area contributed by atoms with Crippen LogP contribution >= 0.6 is 11.6 Å². The number of likely N-dealkylation sites (N-methyl/N-ethyl adjacent to an activating group) is 1. The van der Waals surface area contributed by atoms with Gasteiger partial charge in [0.2, 0.25) is 0 Å². The maximum absolute atomic E-state index is 13.5. The highest BCUT2D eigenvalue weighted by Gasteiger charge is 2.21. The Hall–Kier alpha value is -3.44. The number of anilines is 2. The molecule has 0 aromatic heterocycles. The lowest BCUT2D eigenvalue weighted by Crippen LogP contribution is -2.43. The summed E-state index contributed by atoms with van der Waals surface area (Å²) in [6.07, 6.45) is -0.797. The molecular formula is C25H24ClFN4O2. The van der Waals surface area contributed by atoms with Crippen LogP contribution in [0.2, 0.25) is 5.02 Å². The number of carbonyl (C=O) groups is 1. The Morgan fingerprint density at radius 2 is 1.82 bits per heavy atom. The van der Waals surface area contributed by atoms with Crippen LogP contribution in [-0.2, 0) is 0 Å². The number of rotatable bonds is 7. The molecule has 0 radical (unpaired) electrons. The van der Waals surface area contributed by atoms with Gasteiger partial charge in [-0.1, -0.05) is 35.9 Å². The average Bonchev–Trinajstić information content (AvgIpc) is 2.79. The molecule has 0 heterocycles. The zero-order valence-electron chi connectivity index (χ0n) is 18.3. The van der Waals surface area contributed by atoms with E-state index in [-0.39, 0.29) is 11.6 Å². The number of carbonyl (C=O) groups excluding carboxylic acids is 1. The first-order valence-electron chi connectivity index (χ1n) is 10.2. The number of halogens is 2. The molecule has 0 fully saturated rings. The van der Waals surface area contributed by atoms with Gasteiger partial charge in [0.1, 0.15) is 5.82 Å². The molecule has 1 unspecified atom stereocenters. The van der Waals surface area contributed by atoms with E-state index in [1.807, 2.05) is 43.3 Å². The Kier molecular flexibility index (Phi) is 8.01. The number of urea groups is 1. The van der Waals surface area contributed by atoms with Crippen molar-refractivity contribution in [1.29, 1.82) is 5.26 Å². The van der Waals surface area contributed by atoms with Gasteiger partial charge in [-0.15, -0.1) is 0 Å². The van der Waals surface area contributed by atoms with Gasteiger partial charge in [0, 0.05) is 17.9 Å². The maximum Gasteiger partial charge on any atom is 0.326 e. The SMILES string of the molecule is CN(C)CC(O)CN(C(=O)Nc1ccc(F)c(Cl)c1)c1ccc(-c2cccc(C#N)c2)cc1. The highest BCUT2D eigenvalue weighted by atomic mass is 35.5. The summed E-state index contributed by atoms with van der Waals surface area (Å²) in [5.74, 6) is -0.580. The van der Waals surface area contributed by atoms with Gasteiger partial charge in [-0.2, -0.15) is 5.26 Å². The molecule has 3 aromatic carbocycles. The van der Waals surface area contributed by atoms with Crippen LogP contribution in [-0.4, -0.2) is 49.3 Å². The fourth-order valence-corrected chi connectivity index (χ4v) is 3.54. The Bertz CT molecular complexity index is 1160. The summed E-state index contributed by atoms with van der Waals surface area (Å²) in [6.45, 7) is 0.410. The number of hydrogen-bond acceptors (Lipinski definition) is 4. The summed E-state index contributed by atoms with van der Waals surface area (Å²) >= 11 is 5.83. The molecule has 3 rings (SSSR count). The van der Waals surface area contributed by atoms with E-state index in [1.165, 1.54) is 23.1 Å². The zero-order chi connectivity index (χ0) is 24.0. The molecule has 0 bridgehead atoms. The summed E-state index contributed by atoms with van der Waals surface area (Å²) in [6, 6.07) is 20.0. The lowest BCUT2D eigenvalue weighted by atomic mass is 10.0. The highest BCUT2D eigenvalue weighted by molar-refractivity contribution is 6.31. The summed E-state index contributed by atoms with van der Waals surface area (Å²) in [5, 5.41) is 22.2. The first-order chi connectivity index (χ1) is 15.8. The smallest absolute Gasteiger partial charge is 0.326 e. The second kappa shape index (κ2) is 10.9. The first kappa shape index (κ1) is 24.2. The third kappa shape index (κ3) is 6.53. The number of nitrogens with zero attached hydrogens (tertiary/aromatic N) is 3. The van der Waals surface area contributed by atoms with Crippen molar-refractivity contribution in [3.63, 3.8) is 0 Å². The van der Waals surface area contributed by atoms with Gasteiger partial charge >= 0.3 is 6.03 Å². The van der Waals surface area contributed by atoms with Gasteiger partial charge in [0.15, 0.2) is 0 Å². The van der Waals surface area contributed by atoms with Crippen molar-refractivity contribution in [1.82, 2.24) is 4.90 Å². The fourth-order valence-electron chi connectivity index (χ4n) is 3.36. The van der Waals surface area contributed by atoms with Gasteiger partial charge in [-0.25, -0.2) is 9.18 Å². The number of aliphatic hydroxyl groups is 1. The zero-order valence-corrected chi connectivity index (χ0v) is 19.1. The van der Waals surface area contributed by atoms with Gasteiger partial charge < -0.3 is 15.3 Å². The minimum atomic E-state index is -0.797. The van der Waals surface area contributed by atoms with Crippen molar-refractivity contribution in [2.45, 2.75) is 6.10 Å². The van der Waals surface area contributed by atoms with Gasteiger partial charge in [0.05, 0.1) is 29.3 Å². The average molecular weight is 467 g/mol. The topological polar surface area (TPSA) is 79.6 Å². The van der Waals surface area contributed by atoms with E-state index >= 15 is 0 Å². The molecule has 2 N–H and O–H groups in total. The van der Waals surface area contributed by atoms with E-state index in [0.29, 0.717) is 23.5 Å². The third-order valence-electron chi connectivity index (χ3n) is 4.89. The van der Waals surface area contributed by atoms with Crippen LogP contribution in [0.15, 0.2) is 66.7 Å². The molecule has 1 atom stereocenters. The molecule has 3 aromatic rings. The predicted octanol–water partition coefficient (Wildman–Crippen LogP) is 4.98. The van der Waals surface area contributed by atoms with E-state index in [9.17, 15) is 14.3 Å². The molecule has 0 saturated carbocycles. The summed E-state index contributed by atoms with van der Waals surface area (Å²) < 4.78 is 13.5. The monoisotopic (exact) mass is 466 g/mol. The summed E-state index contributed by atoms with van der Waals surface area (Å²) in [4.78, 5) is 16.3. The molecule has 2 amide bonds. The summed E-state index contributed by atoms with van der Waals surface area (Å²) in [5.41, 5.74) is 3.23. The number of nitrogens with one attached hydrogen (secondary N) is 1. The van der Waals surface area contributed by atoms with Crippen molar-refractivity contribution in [3.8, 4) is 17.2 Å². The second-order valence-corrected chi connectivity index (χ2v) is 8.23. The molecule has 0 aliphatic heterocycles. The molecule has 0 spiro atoms. The summed E-state index contributed by atoms with van der Waals surface area (Å²) in [7, 11) is 3.66. The van der Waals surface area contributed by atoms with Crippen LogP contribution in [0.5, 0.6) is 0 Å². The van der Waals surface area contributed by atoms with Gasteiger partial charge in [-0.05, 0) is 67.7 Å². The minimum Gasteiger partial charge on any atom is -0.390 e. The number of nitriles is 1. The van der Waals surface area contributed by atoms with E-state index in [1.54, 1.807) is 24.3 Å². The van der Waals surface area contributed by atoms with Crippen molar-refractivity contribution < 1.29 is 14.3 Å². The van der Waals surface area contributed by atoms with E-state index in [2.05, 4.69) is 11.4 Å². The van der Waals surface area contributed by atoms with E-state index in [4.69, 9.17) is 16.9 Å². The van der Waals surface area contributed by atoms with Crippen LogP contribution in [0.25, 0.3) is 11.1 Å². The molecule has 170 valence electrons. The minimum absolute atomic E-state index is 0.0439. The van der Waals surface area contributed by atoms with Crippen molar-refractivity contribution >= 4 is 29.0 Å². The quantitative estimate of drug-likeness (QED) is 0.514. The second-order valence-electron chi connectivity index (χ2n) is 7.83. The normalized spacial score (nSPS) is 11.7. The van der Waals surface area contributed by atoms with Crippen LogP contribution < -0.4 is 10.2 Å². The lowest BCUT2D eigenvalue weighted by Gasteiger charge is -2.27. The van der Waals surface area contributed by atoms with Gasteiger partial charge in [-0.3, -0.25) is 4.90 Å². The Balaban J connectivity index is 1.87. The Labute approximate surface area is 197 Å². The molecule has 6 nitrogen and oxygen atoms in total. The molecule has 0 saturated heterocycles. The van der Waals surface area contributed by atoms with Crippen LogP contribution in [0, 0.1) is 17.1 Å². The highest BCUT2D eigenvalue weighted by Crippen LogP contribution is 2.25. The molecule has 0 aliphatic carbocycles. The van der Waals surface area contributed by atoms with Crippen molar-refractivity contribution in [2.75, 3.05) is 37.4 Å². The van der Waals surface area contributed by atoms with Gasteiger partial charge in [0.25, 0.3) is 0 Å². The maximum atomic E-state index is 13.5. The molecule has 0 aliphatic rings. The van der Waals surface area contributed by atoms with E-state index in [0.717, 1.165) is 11.1 Å². The largest absolute Gasteiger partial charge is 0.390 e. The first-order valence-corrected chi connectivity index (χ1v) is 10.6. The number of hydrogen-bond donors (Lipinski definition) is 2. The van der Waals surface area contributed by atoms with Crippen molar-refractivity contribution in [2.24, 2.45) is 0 Å². The van der Waals surface area contributed by atoms with Crippen LogP contribution in [0.1, 0.15) is 5.56 Å². The molecule has 33 heavy (non-hydrogen) atoms.